The Bertz CT molecular complexity index is 1190. The van der Waals surface area contributed by atoms with Crippen molar-refractivity contribution < 1.29 is 9.21 Å². The third-order valence-corrected chi connectivity index (χ3v) is 8.11. The van der Waals surface area contributed by atoms with Crippen molar-refractivity contribution in [2.24, 2.45) is 0 Å². The Morgan fingerprint density at radius 1 is 1.24 bits per heavy atom. The number of hydrogen-bond donors (Lipinski definition) is 0. The first-order chi connectivity index (χ1) is 15.8. The van der Waals surface area contributed by atoms with Crippen molar-refractivity contribution in [3.63, 3.8) is 0 Å². The van der Waals surface area contributed by atoms with Gasteiger partial charge in [-0.3, -0.25) is 14.2 Å². The van der Waals surface area contributed by atoms with Crippen LogP contribution in [0.4, 0.5) is 0 Å². The Labute approximate surface area is 202 Å². The molecule has 0 radical (unpaired) electrons. The van der Waals surface area contributed by atoms with E-state index in [9.17, 15) is 9.59 Å². The highest BCUT2D eigenvalue weighted by Gasteiger charge is 2.23. The highest BCUT2D eigenvalue weighted by Crippen LogP contribution is 2.34. The maximum atomic E-state index is 13.6. The van der Waals surface area contributed by atoms with Crippen molar-refractivity contribution in [2.45, 2.75) is 57.3 Å². The van der Waals surface area contributed by atoms with Gasteiger partial charge in [0, 0.05) is 18.5 Å². The minimum Gasteiger partial charge on any atom is -0.464 e. The lowest BCUT2D eigenvalue weighted by Crippen LogP contribution is -2.29. The third-order valence-electron chi connectivity index (χ3n) is 5.97. The summed E-state index contributed by atoms with van der Waals surface area (Å²) in [4.78, 5) is 37.2. The predicted octanol–water partition coefficient (Wildman–Crippen LogP) is 3.94. The Balaban J connectivity index is 1.56. The third kappa shape index (κ3) is 5.53. The summed E-state index contributed by atoms with van der Waals surface area (Å²) in [6.45, 7) is 3.80. The number of furan rings is 1. The Kier molecular flexibility index (Phi) is 7.61. The molecular weight excluding hydrogens is 456 g/mol. The molecule has 0 unspecified atom stereocenters. The predicted molar refractivity (Wildman–Crippen MR) is 134 cm³/mol. The molecule has 3 heterocycles. The number of rotatable bonds is 9. The molecule has 178 valence electrons. The molecule has 0 saturated carbocycles. The van der Waals surface area contributed by atoms with Gasteiger partial charge in [0.25, 0.3) is 5.56 Å². The zero-order chi connectivity index (χ0) is 23.5. The zero-order valence-electron chi connectivity index (χ0n) is 19.8. The van der Waals surface area contributed by atoms with E-state index in [0.29, 0.717) is 18.2 Å². The van der Waals surface area contributed by atoms with Crippen LogP contribution in [-0.4, -0.2) is 58.7 Å². The van der Waals surface area contributed by atoms with E-state index >= 15 is 0 Å². The summed E-state index contributed by atoms with van der Waals surface area (Å²) in [6, 6.07) is 3.79. The number of aromatic nitrogens is 2. The normalized spacial score (nSPS) is 13.6. The lowest BCUT2D eigenvalue weighted by molar-refractivity contribution is -0.127. The fraction of sp³-hybridized carbons (Fsp3) is 0.542. The van der Waals surface area contributed by atoms with E-state index in [2.05, 4.69) is 4.90 Å². The second-order valence-electron chi connectivity index (χ2n) is 8.95. The number of amides is 1. The molecule has 4 rings (SSSR count). The molecule has 0 aliphatic heterocycles. The molecule has 1 aliphatic carbocycles. The van der Waals surface area contributed by atoms with Crippen molar-refractivity contribution in [1.82, 2.24) is 19.4 Å². The van der Waals surface area contributed by atoms with Gasteiger partial charge in [0.1, 0.15) is 16.4 Å². The Hall–Kier alpha value is -2.10. The average molecular weight is 489 g/mol. The minimum atomic E-state index is -0.0197. The van der Waals surface area contributed by atoms with Gasteiger partial charge in [-0.25, -0.2) is 4.98 Å². The van der Waals surface area contributed by atoms with Gasteiger partial charge in [-0.1, -0.05) is 11.8 Å². The van der Waals surface area contributed by atoms with E-state index in [0.717, 1.165) is 54.0 Å². The number of hydrogen-bond acceptors (Lipinski definition) is 7. The van der Waals surface area contributed by atoms with Crippen LogP contribution in [0.2, 0.25) is 0 Å². The van der Waals surface area contributed by atoms with Crippen molar-refractivity contribution in [3.05, 3.63) is 44.4 Å². The average Bonchev–Trinajstić information content (AvgIpc) is 3.36. The lowest BCUT2D eigenvalue weighted by atomic mass is 9.97. The molecule has 0 fully saturated rings. The summed E-state index contributed by atoms with van der Waals surface area (Å²) >= 11 is 3.01. The molecule has 33 heavy (non-hydrogen) atoms. The first-order valence-electron chi connectivity index (χ1n) is 11.5. The molecule has 1 amide bonds. The number of carbonyl (C=O) groups excluding carboxylic acids is 1. The van der Waals surface area contributed by atoms with Gasteiger partial charge in [0.2, 0.25) is 5.91 Å². The summed E-state index contributed by atoms with van der Waals surface area (Å²) in [5.74, 6) is 1.80. The van der Waals surface area contributed by atoms with Gasteiger partial charge in [-0.15, -0.1) is 11.3 Å². The molecule has 0 saturated heterocycles. The molecule has 7 nitrogen and oxygen atoms in total. The molecule has 1 aliphatic rings. The van der Waals surface area contributed by atoms with Crippen molar-refractivity contribution in [1.29, 1.82) is 0 Å². The van der Waals surface area contributed by atoms with Crippen LogP contribution in [0.1, 0.15) is 41.2 Å². The quantitative estimate of drug-likeness (QED) is 0.336. The van der Waals surface area contributed by atoms with E-state index in [1.54, 1.807) is 27.9 Å². The first-order valence-corrected chi connectivity index (χ1v) is 13.3. The van der Waals surface area contributed by atoms with Gasteiger partial charge in [0.05, 0.1) is 17.7 Å². The van der Waals surface area contributed by atoms with Crippen LogP contribution in [0, 0.1) is 6.92 Å². The smallest absolute Gasteiger partial charge is 0.263 e. The summed E-state index contributed by atoms with van der Waals surface area (Å²) in [7, 11) is 5.84. The van der Waals surface area contributed by atoms with Crippen LogP contribution in [0.3, 0.4) is 0 Å². The second-order valence-corrected chi connectivity index (χ2v) is 11.0. The lowest BCUT2D eigenvalue weighted by Gasteiger charge is -2.17. The second kappa shape index (κ2) is 10.4. The summed E-state index contributed by atoms with van der Waals surface area (Å²) in [5.41, 5.74) is 1.26. The zero-order valence-corrected chi connectivity index (χ0v) is 21.5. The molecule has 0 spiro atoms. The summed E-state index contributed by atoms with van der Waals surface area (Å²) in [6.07, 6.45) is 5.16. The van der Waals surface area contributed by atoms with Gasteiger partial charge in [0.15, 0.2) is 5.16 Å². The molecule has 0 bridgehead atoms. The topological polar surface area (TPSA) is 71.6 Å². The van der Waals surface area contributed by atoms with Gasteiger partial charge >= 0.3 is 0 Å². The molecule has 9 heteroatoms. The van der Waals surface area contributed by atoms with Crippen LogP contribution >= 0.6 is 23.1 Å². The number of thiophene rings is 1. The van der Waals surface area contributed by atoms with E-state index in [4.69, 9.17) is 9.40 Å². The van der Waals surface area contributed by atoms with Gasteiger partial charge in [-0.2, -0.15) is 0 Å². The Morgan fingerprint density at radius 2 is 2.03 bits per heavy atom. The highest BCUT2D eigenvalue weighted by atomic mass is 32.2. The van der Waals surface area contributed by atoms with E-state index in [1.165, 1.54) is 28.6 Å². The molecule has 3 aromatic heterocycles. The Morgan fingerprint density at radius 3 is 2.76 bits per heavy atom. The standard InChI is InChI=1S/C24H32N4O3S2/c1-16-10-11-17(31-16)14-27(4)20(29)15-32-24-25-22-21(18-8-5-6-9-19(18)33-22)23(30)28(24)13-7-12-26(2)3/h10-11H,5-9,12-15H2,1-4H3. The maximum absolute atomic E-state index is 13.6. The van der Waals surface area contributed by atoms with Crippen LogP contribution in [0.5, 0.6) is 0 Å². The summed E-state index contributed by atoms with van der Waals surface area (Å²) < 4.78 is 7.39. The maximum Gasteiger partial charge on any atom is 0.263 e. The molecule has 3 aromatic rings. The van der Waals surface area contributed by atoms with Crippen molar-refractivity contribution in [3.8, 4) is 0 Å². The van der Waals surface area contributed by atoms with Crippen LogP contribution < -0.4 is 5.56 Å². The largest absolute Gasteiger partial charge is 0.464 e. The van der Waals surface area contributed by atoms with Crippen molar-refractivity contribution >= 4 is 39.2 Å². The summed E-state index contributed by atoms with van der Waals surface area (Å²) in [5, 5.41) is 1.45. The van der Waals surface area contributed by atoms with Crippen LogP contribution in [0.25, 0.3) is 10.2 Å². The van der Waals surface area contributed by atoms with Gasteiger partial charge in [-0.05, 0) is 77.4 Å². The molecule has 0 aromatic carbocycles. The van der Waals surface area contributed by atoms with E-state index < -0.39 is 0 Å². The molecule has 0 atom stereocenters. The fourth-order valence-electron chi connectivity index (χ4n) is 4.20. The van der Waals surface area contributed by atoms with E-state index in [-0.39, 0.29) is 17.2 Å². The monoisotopic (exact) mass is 488 g/mol. The van der Waals surface area contributed by atoms with Crippen molar-refractivity contribution in [2.75, 3.05) is 33.4 Å². The molecule has 0 N–H and O–H groups in total. The number of carbonyl (C=O) groups is 1. The minimum absolute atomic E-state index is 0.0197. The highest BCUT2D eigenvalue weighted by molar-refractivity contribution is 7.99. The molecular formula is C24H32N4O3S2. The number of fused-ring (bicyclic) bond motifs is 3. The fourth-order valence-corrected chi connectivity index (χ4v) is 6.47. The van der Waals surface area contributed by atoms with Crippen LogP contribution in [-0.2, 0) is 30.7 Å². The number of aryl methyl sites for hydroxylation is 3. The van der Waals surface area contributed by atoms with Crippen LogP contribution in [0.15, 0.2) is 26.5 Å². The SMILES string of the molecule is Cc1ccc(CN(C)C(=O)CSc2nc3sc4c(c3c(=O)n2CCCN(C)C)CCCC4)o1. The number of thioether (sulfide) groups is 1. The first kappa shape index (κ1) is 24.0. The van der Waals surface area contributed by atoms with E-state index in [1.807, 2.05) is 33.2 Å². The van der Waals surface area contributed by atoms with Gasteiger partial charge < -0.3 is 14.2 Å². The number of nitrogens with zero attached hydrogens (tertiary/aromatic N) is 4.